The molecule has 1 aliphatic heterocycles. The number of nitrogens with zero attached hydrogens (tertiary/aromatic N) is 1. The minimum atomic E-state index is -3.93. The Labute approximate surface area is 185 Å². The van der Waals surface area contributed by atoms with Gasteiger partial charge in [-0.25, -0.2) is 12.8 Å². The Morgan fingerprint density at radius 3 is 2.52 bits per heavy atom. The lowest BCUT2D eigenvalue weighted by Gasteiger charge is -2.31. The SMILES string of the molecule is O=C(CN1c2ccc(F)cc2-c2ccccc2S1(=O)=O)NCCSCc1ccccc1. The summed E-state index contributed by atoms with van der Waals surface area (Å²) in [7, 11) is -3.93. The monoisotopic (exact) mass is 456 g/mol. The Hall–Kier alpha value is -2.84. The molecule has 0 unspecified atom stereocenters. The third-order valence-electron chi connectivity index (χ3n) is 4.94. The van der Waals surface area contributed by atoms with Crippen molar-refractivity contribution in [2.75, 3.05) is 23.1 Å². The zero-order chi connectivity index (χ0) is 21.8. The van der Waals surface area contributed by atoms with E-state index in [2.05, 4.69) is 5.32 Å². The van der Waals surface area contributed by atoms with Crippen molar-refractivity contribution >= 4 is 33.4 Å². The van der Waals surface area contributed by atoms with Crippen LogP contribution in [-0.4, -0.2) is 33.2 Å². The smallest absolute Gasteiger partial charge is 0.265 e. The third kappa shape index (κ3) is 4.60. The number of rotatable bonds is 7. The summed E-state index contributed by atoms with van der Waals surface area (Å²) in [6, 6.07) is 20.4. The average Bonchev–Trinajstić information content (AvgIpc) is 2.77. The van der Waals surface area contributed by atoms with Crippen molar-refractivity contribution in [1.29, 1.82) is 0 Å². The van der Waals surface area contributed by atoms with Crippen LogP contribution in [0.4, 0.5) is 10.1 Å². The molecular formula is C23H21FN2O3S2. The summed E-state index contributed by atoms with van der Waals surface area (Å²) in [5, 5.41) is 2.78. The maximum absolute atomic E-state index is 13.9. The molecule has 0 spiro atoms. The molecule has 3 aromatic rings. The standard InChI is InChI=1S/C23H21FN2O3S2/c24-18-10-11-21-20(14-18)19-8-4-5-9-22(19)31(28,29)26(21)15-23(27)25-12-13-30-16-17-6-2-1-3-7-17/h1-11,14H,12-13,15-16H2,(H,25,27). The summed E-state index contributed by atoms with van der Waals surface area (Å²) in [4.78, 5) is 12.6. The summed E-state index contributed by atoms with van der Waals surface area (Å²) in [6.07, 6.45) is 0. The number of anilines is 1. The van der Waals surface area contributed by atoms with Gasteiger partial charge in [0.15, 0.2) is 0 Å². The van der Waals surface area contributed by atoms with Crippen LogP contribution in [-0.2, 0) is 20.6 Å². The zero-order valence-electron chi connectivity index (χ0n) is 16.6. The van der Waals surface area contributed by atoms with Crippen LogP contribution in [0, 0.1) is 5.82 Å². The van der Waals surface area contributed by atoms with E-state index >= 15 is 0 Å². The molecule has 0 fully saturated rings. The van der Waals surface area contributed by atoms with Gasteiger partial charge in [0.2, 0.25) is 5.91 Å². The largest absolute Gasteiger partial charge is 0.354 e. The van der Waals surface area contributed by atoms with E-state index in [0.717, 1.165) is 10.1 Å². The van der Waals surface area contributed by atoms with Crippen LogP contribution >= 0.6 is 11.8 Å². The molecular weight excluding hydrogens is 435 g/mol. The van der Waals surface area contributed by atoms with E-state index in [1.165, 1.54) is 29.8 Å². The maximum atomic E-state index is 13.9. The molecule has 0 bridgehead atoms. The molecule has 8 heteroatoms. The van der Waals surface area contributed by atoms with Crippen LogP contribution in [0.1, 0.15) is 5.56 Å². The summed E-state index contributed by atoms with van der Waals surface area (Å²) in [6.45, 7) is 0.0652. The first-order valence-corrected chi connectivity index (χ1v) is 12.4. The Balaban J connectivity index is 1.43. The number of hydrogen-bond donors (Lipinski definition) is 1. The Kier molecular flexibility index (Phi) is 6.29. The summed E-state index contributed by atoms with van der Waals surface area (Å²) in [5.74, 6) is 0.677. The first-order chi connectivity index (χ1) is 15.0. The Bertz CT molecular complexity index is 1200. The van der Waals surface area contributed by atoms with E-state index < -0.39 is 21.7 Å². The lowest BCUT2D eigenvalue weighted by atomic mass is 10.0. The van der Waals surface area contributed by atoms with Gasteiger partial charge >= 0.3 is 0 Å². The number of hydrogen-bond acceptors (Lipinski definition) is 4. The normalized spacial score (nSPS) is 13.9. The molecule has 1 N–H and O–H groups in total. The van der Waals surface area contributed by atoms with Crippen molar-refractivity contribution in [2.24, 2.45) is 0 Å². The highest BCUT2D eigenvalue weighted by Gasteiger charge is 2.35. The van der Waals surface area contributed by atoms with Gasteiger partial charge in [0.25, 0.3) is 10.0 Å². The van der Waals surface area contributed by atoms with E-state index in [1.54, 1.807) is 30.0 Å². The number of fused-ring (bicyclic) bond motifs is 3. The summed E-state index contributed by atoms with van der Waals surface area (Å²) in [5.41, 5.74) is 2.40. The fourth-order valence-electron chi connectivity index (χ4n) is 3.49. The van der Waals surface area contributed by atoms with Gasteiger partial charge in [0, 0.05) is 29.2 Å². The van der Waals surface area contributed by atoms with Gasteiger partial charge in [0.05, 0.1) is 10.6 Å². The van der Waals surface area contributed by atoms with Crippen molar-refractivity contribution in [3.63, 3.8) is 0 Å². The van der Waals surface area contributed by atoms with Gasteiger partial charge in [-0.3, -0.25) is 9.10 Å². The number of carbonyl (C=O) groups excluding carboxylic acids is 1. The highest BCUT2D eigenvalue weighted by molar-refractivity contribution is 7.98. The number of carbonyl (C=O) groups is 1. The fourth-order valence-corrected chi connectivity index (χ4v) is 5.96. The number of sulfonamides is 1. The van der Waals surface area contributed by atoms with Crippen LogP contribution < -0.4 is 9.62 Å². The molecule has 1 amide bonds. The van der Waals surface area contributed by atoms with Crippen LogP contribution in [0.3, 0.4) is 0 Å². The number of halogens is 1. The number of nitrogens with one attached hydrogen (secondary N) is 1. The predicted octanol–water partition coefficient (Wildman–Crippen LogP) is 4.05. The maximum Gasteiger partial charge on any atom is 0.265 e. The quantitative estimate of drug-likeness (QED) is 0.545. The highest BCUT2D eigenvalue weighted by atomic mass is 32.2. The summed E-state index contributed by atoms with van der Waals surface area (Å²) >= 11 is 1.69. The zero-order valence-corrected chi connectivity index (χ0v) is 18.3. The van der Waals surface area contributed by atoms with Gasteiger partial charge < -0.3 is 5.32 Å². The first-order valence-electron chi connectivity index (χ1n) is 9.77. The van der Waals surface area contributed by atoms with Gasteiger partial charge in [-0.1, -0.05) is 48.5 Å². The average molecular weight is 457 g/mol. The lowest BCUT2D eigenvalue weighted by Crippen LogP contribution is -2.43. The third-order valence-corrected chi connectivity index (χ3v) is 7.79. The molecule has 0 radical (unpaired) electrons. The molecule has 0 aromatic heterocycles. The van der Waals surface area contributed by atoms with Crippen molar-refractivity contribution in [3.05, 3.63) is 84.2 Å². The lowest BCUT2D eigenvalue weighted by molar-refractivity contribution is -0.119. The molecule has 4 rings (SSSR count). The van der Waals surface area contributed by atoms with Gasteiger partial charge in [-0.15, -0.1) is 0 Å². The second-order valence-corrected chi connectivity index (χ2v) is 9.99. The van der Waals surface area contributed by atoms with E-state index in [0.29, 0.717) is 29.1 Å². The number of amides is 1. The van der Waals surface area contributed by atoms with E-state index in [-0.39, 0.29) is 11.4 Å². The number of benzene rings is 3. The van der Waals surface area contributed by atoms with Crippen molar-refractivity contribution in [2.45, 2.75) is 10.6 Å². The fraction of sp³-hybridized carbons (Fsp3) is 0.174. The molecule has 5 nitrogen and oxygen atoms in total. The number of thioether (sulfide) groups is 1. The molecule has 3 aromatic carbocycles. The van der Waals surface area contributed by atoms with Crippen molar-refractivity contribution in [1.82, 2.24) is 5.32 Å². The molecule has 0 saturated heterocycles. The second-order valence-electron chi connectivity index (χ2n) is 7.06. The van der Waals surface area contributed by atoms with E-state index in [1.807, 2.05) is 30.3 Å². The van der Waals surface area contributed by atoms with Crippen molar-refractivity contribution < 1.29 is 17.6 Å². The summed E-state index contributed by atoms with van der Waals surface area (Å²) < 4.78 is 41.3. The molecule has 160 valence electrons. The van der Waals surface area contributed by atoms with Gasteiger partial charge in [-0.05, 0) is 29.8 Å². The first kappa shape index (κ1) is 21.4. The molecule has 1 aliphatic rings. The minimum Gasteiger partial charge on any atom is -0.354 e. The molecule has 0 atom stereocenters. The van der Waals surface area contributed by atoms with Gasteiger partial charge in [0.1, 0.15) is 12.4 Å². The van der Waals surface area contributed by atoms with Crippen molar-refractivity contribution in [3.8, 4) is 11.1 Å². The predicted molar refractivity (Wildman–Crippen MR) is 122 cm³/mol. The van der Waals surface area contributed by atoms with Crippen LogP contribution in [0.15, 0.2) is 77.7 Å². The topological polar surface area (TPSA) is 66.5 Å². The van der Waals surface area contributed by atoms with Gasteiger partial charge in [-0.2, -0.15) is 11.8 Å². The van der Waals surface area contributed by atoms with Crippen LogP contribution in [0.25, 0.3) is 11.1 Å². The molecule has 0 saturated carbocycles. The highest BCUT2D eigenvalue weighted by Crippen LogP contribution is 2.42. The van der Waals surface area contributed by atoms with Crippen LogP contribution in [0.2, 0.25) is 0 Å². The molecule has 31 heavy (non-hydrogen) atoms. The minimum absolute atomic E-state index is 0.0688. The Morgan fingerprint density at radius 2 is 1.71 bits per heavy atom. The Morgan fingerprint density at radius 1 is 0.968 bits per heavy atom. The van der Waals surface area contributed by atoms with E-state index in [4.69, 9.17) is 0 Å². The second kappa shape index (κ2) is 9.11. The molecule has 1 heterocycles. The molecule has 0 aliphatic carbocycles. The van der Waals surface area contributed by atoms with Crippen LogP contribution in [0.5, 0.6) is 0 Å². The van der Waals surface area contributed by atoms with E-state index in [9.17, 15) is 17.6 Å².